The molecule has 0 aromatic heterocycles. The van der Waals surface area contributed by atoms with E-state index in [9.17, 15) is 25.7 Å². The molecule has 7 nitrogen and oxygen atoms in total. The fraction of sp³-hybridized carbons (Fsp3) is 0.185. The first-order chi connectivity index (χ1) is 16.5. The van der Waals surface area contributed by atoms with Gasteiger partial charge < -0.3 is 5.11 Å². The van der Waals surface area contributed by atoms with Crippen molar-refractivity contribution in [3.05, 3.63) is 95.1 Å². The number of urea groups is 1. The van der Waals surface area contributed by atoms with Gasteiger partial charge in [-0.3, -0.25) is 9.80 Å². The summed E-state index contributed by atoms with van der Waals surface area (Å²) in [6, 6.07) is 25.8. The summed E-state index contributed by atoms with van der Waals surface area (Å²) in [6.07, 6.45) is 1.93. The average Bonchev–Trinajstić information content (AvgIpc) is 3.08. The van der Waals surface area contributed by atoms with Crippen LogP contribution in [0, 0.1) is 34.0 Å². The van der Waals surface area contributed by atoms with Crippen LogP contribution < -0.4 is 9.80 Å². The molecule has 1 N–H and O–H groups in total. The third kappa shape index (κ3) is 2.80. The summed E-state index contributed by atoms with van der Waals surface area (Å²) in [5.74, 6) is 0. The molecule has 2 aliphatic rings. The summed E-state index contributed by atoms with van der Waals surface area (Å²) in [7, 11) is 0. The number of carbonyl (C=O) groups excluding carboxylic acids is 1. The molecule has 1 spiro atoms. The predicted octanol–water partition coefficient (Wildman–Crippen LogP) is 4.52. The number of anilines is 2. The summed E-state index contributed by atoms with van der Waals surface area (Å²) >= 11 is 0. The van der Waals surface area contributed by atoms with Crippen LogP contribution in [0.15, 0.2) is 72.8 Å². The van der Waals surface area contributed by atoms with E-state index < -0.39 is 17.3 Å². The van der Waals surface area contributed by atoms with Gasteiger partial charge in [0.05, 0.1) is 34.9 Å². The molecule has 0 bridgehead atoms. The fourth-order valence-corrected chi connectivity index (χ4v) is 5.10. The minimum atomic E-state index is -1.77. The quantitative estimate of drug-likeness (QED) is 0.637. The molecule has 1 aliphatic heterocycles. The third-order valence-electron chi connectivity index (χ3n) is 6.87. The van der Waals surface area contributed by atoms with Crippen molar-refractivity contribution in [3.8, 4) is 18.2 Å². The molecule has 2 fully saturated rings. The first-order valence-electron chi connectivity index (χ1n) is 10.9. The summed E-state index contributed by atoms with van der Waals surface area (Å²) in [4.78, 5) is 17.0. The Morgan fingerprint density at radius 3 is 1.74 bits per heavy atom. The Labute approximate surface area is 196 Å². The standard InChI is InChI=1S/C27H19N5O2/c28-16-19-5-9-23(10-6-19)31-25(33)32(24-11-7-20(17-29)8-12-24)27(34,26(31)13-2-14-26)22-4-1-3-21(15-22)18-30/h1,3-12,15,34H,2,13-14H2. The molecule has 34 heavy (non-hydrogen) atoms. The van der Waals surface area contributed by atoms with Crippen molar-refractivity contribution in [2.24, 2.45) is 0 Å². The molecule has 1 unspecified atom stereocenters. The molecule has 2 amide bonds. The second kappa shape index (κ2) is 7.74. The molecule has 5 rings (SSSR count). The molecule has 1 saturated heterocycles. The van der Waals surface area contributed by atoms with Crippen LogP contribution in [-0.4, -0.2) is 16.7 Å². The molecule has 1 aliphatic carbocycles. The maximum Gasteiger partial charge on any atom is 0.332 e. The Hall–Kier alpha value is -4.64. The Bertz CT molecular complexity index is 1410. The second-order valence-electron chi connectivity index (χ2n) is 8.52. The summed E-state index contributed by atoms with van der Waals surface area (Å²) in [5.41, 5.74) is 0.0135. The monoisotopic (exact) mass is 445 g/mol. The van der Waals surface area contributed by atoms with Crippen LogP contribution in [0.25, 0.3) is 0 Å². The number of aliphatic hydroxyl groups is 1. The van der Waals surface area contributed by atoms with E-state index in [4.69, 9.17) is 0 Å². The SMILES string of the molecule is N#Cc1ccc(N2C(=O)N(c3ccc(C#N)cc3)C(O)(c3cccc(C#N)c3)C23CCC3)cc1. The van der Waals surface area contributed by atoms with Crippen molar-refractivity contribution in [2.75, 3.05) is 9.80 Å². The molecular formula is C27H19N5O2. The van der Waals surface area contributed by atoms with E-state index in [1.165, 1.54) is 4.90 Å². The van der Waals surface area contributed by atoms with Crippen LogP contribution in [-0.2, 0) is 5.72 Å². The van der Waals surface area contributed by atoms with Gasteiger partial charge in [-0.05, 0) is 79.9 Å². The summed E-state index contributed by atoms with van der Waals surface area (Å²) < 4.78 is 0. The number of carbonyl (C=O) groups is 1. The van der Waals surface area contributed by atoms with Gasteiger partial charge >= 0.3 is 6.03 Å². The highest BCUT2D eigenvalue weighted by Crippen LogP contribution is 2.59. The molecule has 7 heteroatoms. The lowest BCUT2D eigenvalue weighted by Gasteiger charge is -2.52. The minimum Gasteiger partial charge on any atom is -0.364 e. The zero-order valence-electron chi connectivity index (χ0n) is 18.1. The van der Waals surface area contributed by atoms with Crippen molar-refractivity contribution in [1.82, 2.24) is 0 Å². The highest BCUT2D eigenvalue weighted by molar-refractivity contribution is 6.09. The maximum atomic E-state index is 14.1. The number of nitrogens with zero attached hydrogens (tertiary/aromatic N) is 5. The predicted molar refractivity (Wildman–Crippen MR) is 124 cm³/mol. The fourth-order valence-electron chi connectivity index (χ4n) is 5.10. The first kappa shape index (κ1) is 21.2. The molecule has 1 saturated carbocycles. The normalized spacial score (nSPS) is 20.4. The largest absolute Gasteiger partial charge is 0.364 e. The van der Waals surface area contributed by atoms with Gasteiger partial charge in [0, 0.05) is 16.9 Å². The summed E-state index contributed by atoms with van der Waals surface area (Å²) in [5, 5.41) is 40.4. The molecule has 3 aromatic carbocycles. The number of rotatable bonds is 3. The zero-order valence-corrected chi connectivity index (χ0v) is 18.1. The third-order valence-corrected chi connectivity index (χ3v) is 6.87. The number of benzene rings is 3. The van der Waals surface area contributed by atoms with E-state index in [-0.39, 0.29) is 0 Å². The second-order valence-corrected chi connectivity index (χ2v) is 8.52. The number of hydrogen-bond donors (Lipinski definition) is 1. The van der Waals surface area contributed by atoms with Gasteiger partial charge in [0.2, 0.25) is 0 Å². The van der Waals surface area contributed by atoms with Crippen molar-refractivity contribution in [2.45, 2.75) is 30.5 Å². The molecule has 0 radical (unpaired) electrons. The topological polar surface area (TPSA) is 115 Å². The molecule has 1 atom stereocenters. The van der Waals surface area contributed by atoms with Gasteiger partial charge in [-0.2, -0.15) is 15.8 Å². The maximum absolute atomic E-state index is 14.1. The van der Waals surface area contributed by atoms with Crippen molar-refractivity contribution in [3.63, 3.8) is 0 Å². The van der Waals surface area contributed by atoms with Crippen LogP contribution in [0.5, 0.6) is 0 Å². The van der Waals surface area contributed by atoms with Crippen molar-refractivity contribution >= 4 is 17.4 Å². The van der Waals surface area contributed by atoms with E-state index in [0.717, 1.165) is 6.42 Å². The van der Waals surface area contributed by atoms with Crippen LogP contribution in [0.4, 0.5) is 16.2 Å². The van der Waals surface area contributed by atoms with Crippen LogP contribution in [0.2, 0.25) is 0 Å². The smallest absolute Gasteiger partial charge is 0.332 e. The summed E-state index contributed by atoms with van der Waals surface area (Å²) in [6.45, 7) is 0. The van der Waals surface area contributed by atoms with E-state index in [1.807, 2.05) is 0 Å². The van der Waals surface area contributed by atoms with Crippen LogP contribution >= 0.6 is 0 Å². The lowest BCUT2D eigenvalue weighted by atomic mass is 9.66. The molecule has 164 valence electrons. The van der Waals surface area contributed by atoms with Crippen molar-refractivity contribution in [1.29, 1.82) is 15.8 Å². The van der Waals surface area contributed by atoms with Gasteiger partial charge in [-0.25, -0.2) is 4.79 Å². The van der Waals surface area contributed by atoms with Gasteiger partial charge in [-0.1, -0.05) is 12.1 Å². The average molecular weight is 445 g/mol. The Morgan fingerprint density at radius 2 is 1.26 bits per heavy atom. The van der Waals surface area contributed by atoms with E-state index in [1.54, 1.807) is 77.7 Å². The molecular weight excluding hydrogens is 426 g/mol. The highest BCUT2D eigenvalue weighted by Gasteiger charge is 2.70. The lowest BCUT2D eigenvalue weighted by Crippen LogP contribution is -2.63. The van der Waals surface area contributed by atoms with Crippen LogP contribution in [0.3, 0.4) is 0 Å². The minimum absolute atomic E-state index is 0.379. The van der Waals surface area contributed by atoms with Gasteiger partial charge in [-0.15, -0.1) is 0 Å². The van der Waals surface area contributed by atoms with Crippen LogP contribution in [0.1, 0.15) is 41.5 Å². The van der Waals surface area contributed by atoms with Gasteiger partial charge in [0.15, 0.2) is 5.72 Å². The lowest BCUT2D eigenvalue weighted by molar-refractivity contribution is -0.0524. The van der Waals surface area contributed by atoms with E-state index >= 15 is 0 Å². The zero-order chi connectivity index (χ0) is 23.9. The van der Waals surface area contributed by atoms with Gasteiger partial charge in [0.1, 0.15) is 5.54 Å². The van der Waals surface area contributed by atoms with Gasteiger partial charge in [0.25, 0.3) is 0 Å². The number of amides is 2. The van der Waals surface area contributed by atoms with Crippen molar-refractivity contribution < 1.29 is 9.90 Å². The number of nitriles is 3. The molecule has 3 aromatic rings. The Balaban J connectivity index is 1.75. The van der Waals surface area contributed by atoms with E-state index in [2.05, 4.69) is 18.2 Å². The Morgan fingerprint density at radius 1 is 0.735 bits per heavy atom. The highest BCUT2D eigenvalue weighted by atomic mass is 16.3. The first-order valence-corrected chi connectivity index (χ1v) is 10.9. The molecule has 1 heterocycles. The number of hydrogen-bond acceptors (Lipinski definition) is 5. The Kier molecular flexibility index (Phi) is 4.83. The van der Waals surface area contributed by atoms with E-state index in [0.29, 0.717) is 46.5 Å².